The van der Waals surface area contributed by atoms with Gasteiger partial charge < -0.3 is 24.8 Å². The maximum absolute atomic E-state index is 3.88. The second kappa shape index (κ2) is 19.2. The molecular formula is C55H58Cl2Zr-2. The topological polar surface area (TPSA) is 0 Å². The summed E-state index contributed by atoms with van der Waals surface area (Å²) in [6, 6.07) is 48.0. The van der Waals surface area contributed by atoms with Crippen LogP contribution >= 0.6 is 0 Å². The third-order valence-corrected chi connectivity index (χ3v) is 11.5. The monoisotopic (exact) mass is 878 g/mol. The van der Waals surface area contributed by atoms with Gasteiger partial charge in [-0.05, 0) is 39.5 Å². The Morgan fingerprint density at radius 3 is 1.66 bits per heavy atom. The van der Waals surface area contributed by atoms with Crippen LogP contribution in [0.5, 0.6) is 0 Å². The van der Waals surface area contributed by atoms with E-state index >= 15 is 0 Å². The van der Waals surface area contributed by atoms with E-state index in [4.69, 9.17) is 0 Å². The van der Waals surface area contributed by atoms with E-state index < -0.39 is 0 Å². The summed E-state index contributed by atoms with van der Waals surface area (Å²) in [5.74, 6) is 0.522. The normalized spacial score (nSPS) is 14.1. The first-order valence-electron chi connectivity index (χ1n) is 20.1. The number of rotatable bonds is 3. The van der Waals surface area contributed by atoms with Gasteiger partial charge in [0.15, 0.2) is 0 Å². The Balaban J connectivity index is 0.000000244. The predicted octanol–water partition coefficient (Wildman–Crippen LogP) is 8.89. The second-order valence-electron chi connectivity index (χ2n) is 18.6. The molecule has 3 heteroatoms. The summed E-state index contributed by atoms with van der Waals surface area (Å²) in [6.07, 6.45) is 8.60. The molecule has 1 atom stereocenters. The van der Waals surface area contributed by atoms with Gasteiger partial charge in [-0.1, -0.05) is 170 Å². The fourth-order valence-electron chi connectivity index (χ4n) is 7.58. The molecule has 1 unspecified atom stereocenters. The molecule has 6 aromatic carbocycles. The summed E-state index contributed by atoms with van der Waals surface area (Å²) < 4.78 is 1.46. The van der Waals surface area contributed by atoms with Crippen LogP contribution in [-0.4, -0.2) is 3.21 Å². The number of hydrogen-bond acceptors (Lipinski definition) is 0. The predicted molar refractivity (Wildman–Crippen MR) is 240 cm³/mol. The summed E-state index contributed by atoms with van der Waals surface area (Å²) in [4.78, 5) is 0. The van der Waals surface area contributed by atoms with Gasteiger partial charge in [-0.15, -0.1) is 28.8 Å². The molecule has 298 valence electrons. The van der Waals surface area contributed by atoms with E-state index in [-0.39, 0.29) is 35.6 Å². The molecule has 2 aliphatic carbocycles. The number of halogens is 2. The first-order chi connectivity index (χ1) is 26.4. The maximum atomic E-state index is 3.88. The molecule has 6 aromatic rings. The molecule has 0 heterocycles. The van der Waals surface area contributed by atoms with Crippen LogP contribution in [0.4, 0.5) is 0 Å². The van der Waals surface area contributed by atoms with Gasteiger partial charge in [-0.3, -0.25) is 6.08 Å². The molecule has 0 aromatic heterocycles. The van der Waals surface area contributed by atoms with E-state index in [0.717, 1.165) is 6.42 Å². The molecule has 8 rings (SSSR count). The van der Waals surface area contributed by atoms with E-state index in [9.17, 15) is 0 Å². The molecule has 0 N–H and O–H groups in total. The zero-order chi connectivity index (χ0) is 40.4. The van der Waals surface area contributed by atoms with Crippen molar-refractivity contribution in [1.29, 1.82) is 0 Å². The van der Waals surface area contributed by atoms with Crippen molar-refractivity contribution in [3.63, 3.8) is 0 Å². The first kappa shape index (κ1) is 47.1. The standard InChI is InChI=1S/C33H33.C12H10.C10H15.2ClH.Zr/c1-32(2,3)30-20-26-24(18-28(30)22-13-9-7-10-14-22)17-25-19-29(23-15-11-8-12-16-23)31(21-27(25)26)33(4,5)6;1-2-10-7-8-11-5-3-4-6-12(11)9-10;1-8-5-6-9(7-8)10(2,3)4;;;/h7-16,18,20-21H,17H2,1-6H3;3-9H,1H3;6-8H,1-4H3;2*1H;/q-1;;-1;;;+2/p-2. The van der Waals surface area contributed by atoms with E-state index in [1.54, 1.807) is 0 Å². The number of hydrogen-bond donors (Lipinski definition) is 0. The van der Waals surface area contributed by atoms with Crippen LogP contribution in [-0.2, 0) is 41.5 Å². The second-order valence-corrected chi connectivity index (χ2v) is 20.4. The van der Waals surface area contributed by atoms with Gasteiger partial charge in [0.25, 0.3) is 0 Å². The van der Waals surface area contributed by atoms with Crippen molar-refractivity contribution in [3.8, 4) is 33.4 Å². The van der Waals surface area contributed by atoms with Crippen LogP contribution in [0.15, 0.2) is 139 Å². The minimum absolute atomic E-state index is 0. The van der Waals surface area contributed by atoms with E-state index in [2.05, 4.69) is 222 Å². The summed E-state index contributed by atoms with van der Waals surface area (Å²) in [5, 5.41) is 2.66. The average Bonchev–Trinajstić information content (AvgIpc) is 3.77. The van der Waals surface area contributed by atoms with Gasteiger partial charge in [-0.2, -0.15) is 11.6 Å². The number of benzene rings is 6. The molecule has 0 nitrogen and oxygen atoms in total. The molecule has 0 aliphatic heterocycles. The Labute approximate surface area is 377 Å². The van der Waals surface area contributed by atoms with Crippen molar-refractivity contribution in [2.24, 2.45) is 11.3 Å². The smallest absolute Gasteiger partial charge is 1.00 e. The van der Waals surface area contributed by atoms with Crippen LogP contribution < -0.4 is 24.8 Å². The van der Waals surface area contributed by atoms with Crippen molar-refractivity contribution in [1.82, 2.24) is 0 Å². The van der Waals surface area contributed by atoms with E-state index in [0.29, 0.717) is 11.3 Å². The number of allylic oxidation sites excluding steroid dienone is 4. The van der Waals surface area contributed by atoms with Gasteiger partial charge >= 0.3 is 93.2 Å². The van der Waals surface area contributed by atoms with Crippen LogP contribution in [0.3, 0.4) is 0 Å². The Bertz CT molecular complexity index is 2310. The molecule has 0 saturated heterocycles. The molecule has 2 aliphatic rings. The Morgan fingerprint density at radius 2 is 1.14 bits per heavy atom. The fourth-order valence-corrected chi connectivity index (χ4v) is 7.96. The summed E-state index contributed by atoms with van der Waals surface area (Å²) in [5.41, 5.74) is 16.6. The van der Waals surface area contributed by atoms with E-state index in [1.165, 1.54) is 105 Å². The molecule has 0 fully saturated rings. The molecular weight excluding hydrogens is 823 g/mol. The molecule has 0 bridgehead atoms. The Hall–Kier alpha value is -3.61. The minimum Gasteiger partial charge on any atom is -1.00 e. The SMILES string of the molecule is CC(C)(C)c1cc2c([c-]c1-c1ccccc1)Cc1cc(-c3ccccc3)c(C(C)(C)C)cc1-2.CC1[C-]=CC(C(C)(C)C)=C1.C[C](=[Zr+2])c1ccc2ccccc2c1.[Cl-].[Cl-]. The zero-order valence-electron chi connectivity index (χ0n) is 36.2. The van der Waals surface area contributed by atoms with Crippen LogP contribution in [0.25, 0.3) is 44.2 Å². The average molecular weight is 881 g/mol. The number of fused-ring (bicyclic) bond motifs is 4. The minimum atomic E-state index is 0. The Morgan fingerprint density at radius 1 is 0.586 bits per heavy atom. The summed E-state index contributed by atoms with van der Waals surface area (Å²) in [7, 11) is 0. The van der Waals surface area contributed by atoms with E-state index in [1.807, 2.05) is 0 Å². The fraction of sp³-hybridized carbons (Fsp3) is 0.291. The van der Waals surface area contributed by atoms with Gasteiger partial charge in [0.05, 0.1) is 0 Å². The van der Waals surface area contributed by atoms with Crippen molar-refractivity contribution in [2.45, 2.75) is 93.4 Å². The summed E-state index contributed by atoms with van der Waals surface area (Å²) in [6.45, 7) is 24.9. The quantitative estimate of drug-likeness (QED) is 0.156. The zero-order valence-corrected chi connectivity index (χ0v) is 40.2. The molecule has 0 spiro atoms. The van der Waals surface area contributed by atoms with Crippen LogP contribution in [0.2, 0.25) is 0 Å². The molecule has 0 amide bonds. The van der Waals surface area contributed by atoms with Gasteiger partial charge in [0, 0.05) is 0 Å². The Kier molecular flexibility index (Phi) is 15.6. The van der Waals surface area contributed by atoms with Crippen molar-refractivity contribution >= 4 is 14.0 Å². The van der Waals surface area contributed by atoms with Crippen LogP contribution in [0.1, 0.15) is 104 Å². The molecule has 58 heavy (non-hydrogen) atoms. The first-order valence-corrected chi connectivity index (χ1v) is 21.4. The molecule has 0 radical (unpaired) electrons. The third kappa shape index (κ3) is 11.2. The van der Waals surface area contributed by atoms with Crippen molar-refractivity contribution in [3.05, 3.63) is 179 Å². The van der Waals surface area contributed by atoms with Crippen molar-refractivity contribution < 1.29 is 49.0 Å². The summed E-state index contributed by atoms with van der Waals surface area (Å²) >= 11 is 1.50. The third-order valence-electron chi connectivity index (χ3n) is 10.8. The van der Waals surface area contributed by atoms with Crippen LogP contribution in [0, 0.1) is 23.5 Å². The van der Waals surface area contributed by atoms with Gasteiger partial charge in [-0.25, -0.2) is 6.08 Å². The largest absolute Gasteiger partial charge is 1.00 e. The van der Waals surface area contributed by atoms with Gasteiger partial charge in [0.1, 0.15) is 0 Å². The maximum Gasteiger partial charge on any atom is -1.00 e. The van der Waals surface area contributed by atoms with Crippen molar-refractivity contribution in [2.75, 3.05) is 0 Å². The molecule has 0 saturated carbocycles. The van der Waals surface area contributed by atoms with Gasteiger partial charge in [0.2, 0.25) is 0 Å².